The van der Waals surface area contributed by atoms with Gasteiger partial charge >= 0.3 is 0 Å². The van der Waals surface area contributed by atoms with Gasteiger partial charge in [0, 0.05) is 12.2 Å². The van der Waals surface area contributed by atoms with E-state index in [1.54, 1.807) is 0 Å². The lowest BCUT2D eigenvalue weighted by Gasteiger charge is -1.80. The van der Waals surface area contributed by atoms with Gasteiger partial charge in [0.15, 0.2) is 0 Å². The Labute approximate surface area is 71.8 Å². The summed E-state index contributed by atoms with van der Waals surface area (Å²) in [5, 5.41) is 2.03. The van der Waals surface area contributed by atoms with Crippen LogP contribution in [0, 0.1) is 0 Å². The number of carbonyl (C=O) groups is 2. The van der Waals surface area contributed by atoms with Gasteiger partial charge in [0.25, 0.3) is 11.8 Å². The topological polar surface area (TPSA) is 72.2 Å². The largest absolute Gasteiger partial charge is 0.330 e. The summed E-state index contributed by atoms with van der Waals surface area (Å²) in [4.78, 5) is 20.1. The molecule has 4 heteroatoms. The lowest BCUT2D eigenvalue weighted by Crippen LogP contribution is -2.19. The highest BCUT2D eigenvalue weighted by Crippen LogP contribution is 1.82. The van der Waals surface area contributed by atoms with Crippen LogP contribution in [0.25, 0.3) is 0 Å². The third-order valence-corrected chi connectivity index (χ3v) is 1.19. The predicted octanol–water partition coefficient (Wildman–Crippen LogP) is -0.0558. The maximum absolute atomic E-state index is 10.0. The van der Waals surface area contributed by atoms with Crippen LogP contribution in [-0.4, -0.2) is 18.4 Å². The second kappa shape index (κ2) is 6.54. The maximum Gasteiger partial charge on any atom is 0.250 e. The first-order chi connectivity index (χ1) is 5.70. The molecule has 0 aromatic carbocycles. The van der Waals surface area contributed by atoms with E-state index in [9.17, 15) is 9.59 Å². The zero-order valence-corrected chi connectivity index (χ0v) is 7.17. The van der Waals surface area contributed by atoms with E-state index in [1.807, 2.05) is 5.32 Å². The van der Waals surface area contributed by atoms with Gasteiger partial charge in [-0.05, 0) is 13.0 Å². The summed E-state index contributed by atoms with van der Waals surface area (Å²) in [6.45, 7) is 2.98. The normalized spacial score (nSPS) is 13.8. The number of hydrogen-bond donors (Lipinski definition) is 2. The van der Waals surface area contributed by atoms with Crippen molar-refractivity contribution in [2.75, 3.05) is 6.54 Å². The van der Waals surface area contributed by atoms with E-state index in [-0.39, 0.29) is 11.8 Å². The Morgan fingerprint density at radius 1 is 1.33 bits per heavy atom. The fourth-order valence-electron chi connectivity index (χ4n) is 0.560. The minimum Gasteiger partial charge on any atom is -0.330 e. The minimum atomic E-state index is -0.329. The Morgan fingerprint density at radius 2 is 1.83 bits per heavy atom. The Bertz CT molecular complexity index is 169. The molecule has 1 aliphatic heterocycles. The van der Waals surface area contributed by atoms with Crippen LogP contribution in [-0.2, 0) is 9.59 Å². The zero-order valence-electron chi connectivity index (χ0n) is 7.17. The summed E-state index contributed by atoms with van der Waals surface area (Å²) >= 11 is 0. The first kappa shape index (κ1) is 10.8. The van der Waals surface area contributed by atoms with Crippen molar-refractivity contribution >= 4 is 11.8 Å². The SMILES string of the molecule is CCCCN.O=C1C=CC(=O)N1. The van der Waals surface area contributed by atoms with Crippen molar-refractivity contribution in [3.05, 3.63) is 12.2 Å². The van der Waals surface area contributed by atoms with Crippen LogP contribution in [0.3, 0.4) is 0 Å². The van der Waals surface area contributed by atoms with E-state index in [0.717, 1.165) is 6.54 Å². The van der Waals surface area contributed by atoms with Crippen molar-refractivity contribution in [2.24, 2.45) is 5.73 Å². The van der Waals surface area contributed by atoms with Crippen LogP contribution in [0.2, 0.25) is 0 Å². The molecule has 0 saturated heterocycles. The van der Waals surface area contributed by atoms with Crippen LogP contribution in [0.1, 0.15) is 19.8 Å². The molecule has 0 aromatic heterocycles. The number of amides is 2. The molecule has 2 amide bonds. The third-order valence-electron chi connectivity index (χ3n) is 1.19. The van der Waals surface area contributed by atoms with Crippen molar-refractivity contribution in [2.45, 2.75) is 19.8 Å². The highest BCUT2D eigenvalue weighted by molar-refractivity contribution is 6.12. The molecular formula is C8H14N2O2. The first-order valence-corrected chi connectivity index (χ1v) is 3.93. The number of nitrogens with two attached hydrogens (primary N) is 1. The molecule has 0 saturated carbocycles. The van der Waals surface area contributed by atoms with Crippen LogP contribution in [0.15, 0.2) is 12.2 Å². The Morgan fingerprint density at radius 3 is 1.92 bits per heavy atom. The van der Waals surface area contributed by atoms with Gasteiger partial charge in [0.2, 0.25) is 0 Å². The molecule has 68 valence electrons. The molecule has 1 heterocycles. The number of carbonyl (C=O) groups excluding carboxylic acids is 2. The molecule has 1 aliphatic rings. The third kappa shape index (κ3) is 5.61. The fraction of sp³-hybridized carbons (Fsp3) is 0.500. The standard InChI is InChI=1S/C4H3NO2.C4H11N/c6-3-1-2-4(7)5-3;1-2-3-4-5/h1-2H,(H,5,6,7);2-5H2,1H3. The predicted molar refractivity (Wildman–Crippen MR) is 46.3 cm³/mol. The monoisotopic (exact) mass is 170 g/mol. The van der Waals surface area contributed by atoms with Gasteiger partial charge in [-0.3, -0.25) is 14.9 Å². The van der Waals surface area contributed by atoms with Gasteiger partial charge in [0.1, 0.15) is 0 Å². The molecular weight excluding hydrogens is 156 g/mol. The van der Waals surface area contributed by atoms with Gasteiger partial charge in [-0.2, -0.15) is 0 Å². The average Bonchev–Trinajstić information content (AvgIpc) is 2.38. The highest BCUT2D eigenvalue weighted by Gasteiger charge is 2.06. The molecule has 0 radical (unpaired) electrons. The summed E-state index contributed by atoms with van der Waals surface area (Å²) in [7, 11) is 0. The van der Waals surface area contributed by atoms with Crippen molar-refractivity contribution in [1.29, 1.82) is 0 Å². The van der Waals surface area contributed by atoms with Crippen molar-refractivity contribution < 1.29 is 9.59 Å². The summed E-state index contributed by atoms with van der Waals surface area (Å²) in [5.41, 5.74) is 5.14. The Balaban J connectivity index is 0.000000217. The molecule has 0 spiro atoms. The zero-order chi connectivity index (χ0) is 9.40. The first-order valence-electron chi connectivity index (χ1n) is 3.93. The lowest BCUT2D eigenvalue weighted by molar-refractivity contribution is -0.123. The smallest absolute Gasteiger partial charge is 0.250 e. The Hall–Kier alpha value is -1.16. The lowest BCUT2D eigenvalue weighted by atomic mass is 10.3. The van der Waals surface area contributed by atoms with Crippen molar-refractivity contribution in [3.8, 4) is 0 Å². The summed E-state index contributed by atoms with van der Waals surface area (Å²) < 4.78 is 0. The number of unbranched alkanes of at least 4 members (excludes halogenated alkanes) is 1. The van der Waals surface area contributed by atoms with E-state index in [4.69, 9.17) is 5.73 Å². The number of hydrogen-bond acceptors (Lipinski definition) is 3. The van der Waals surface area contributed by atoms with Gasteiger partial charge in [-0.1, -0.05) is 13.3 Å². The van der Waals surface area contributed by atoms with E-state index in [1.165, 1.54) is 25.0 Å². The fourth-order valence-corrected chi connectivity index (χ4v) is 0.560. The van der Waals surface area contributed by atoms with Crippen LogP contribution >= 0.6 is 0 Å². The van der Waals surface area contributed by atoms with E-state index < -0.39 is 0 Å². The second-order valence-electron chi connectivity index (χ2n) is 2.33. The summed E-state index contributed by atoms with van der Waals surface area (Å²) in [6, 6.07) is 0. The quantitative estimate of drug-likeness (QED) is 0.570. The molecule has 0 aromatic rings. The van der Waals surface area contributed by atoms with Crippen LogP contribution < -0.4 is 11.1 Å². The van der Waals surface area contributed by atoms with E-state index in [2.05, 4.69) is 6.92 Å². The van der Waals surface area contributed by atoms with Crippen molar-refractivity contribution in [3.63, 3.8) is 0 Å². The van der Waals surface area contributed by atoms with E-state index in [0.29, 0.717) is 0 Å². The van der Waals surface area contributed by atoms with Gasteiger partial charge in [-0.25, -0.2) is 0 Å². The molecule has 0 atom stereocenters. The number of rotatable bonds is 2. The van der Waals surface area contributed by atoms with Gasteiger partial charge in [0.05, 0.1) is 0 Å². The molecule has 3 N–H and O–H groups in total. The molecule has 12 heavy (non-hydrogen) atoms. The number of nitrogens with one attached hydrogen (secondary N) is 1. The van der Waals surface area contributed by atoms with Gasteiger partial charge < -0.3 is 5.73 Å². The molecule has 0 bridgehead atoms. The minimum absolute atomic E-state index is 0.329. The molecule has 1 rings (SSSR count). The van der Waals surface area contributed by atoms with Crippen LogP contribution in [0.5, 0.6) is 0 Å². The second-order valence-corrected chi connectivity index (χ2v) is 2.33. The summed E-state index contributed by atoms with van der Waals surface area (Å²) in [6.07, 6.45) is 4.78. The van der Waals surface area contributed by atoms with E-state index >= 15 is 0 Å². The average molecular weight is 170 g/mol. The summed E-state index contributed by atoms with van der Waals surface area (Å²) in [5.74, 6) is -0.657. The van der Waals surface area contributed by atoms with Crippen LogP contribution in [0.4, 0.5) is 0 Å². The molecule has 0 aliphatic carbocycles. The molecule has 0 unspecified atom stereocenters. The highest BCUT2D eigenvalue weighted by atomic mass is 16.2. The Kier molecular flexibility index (Phi) is 5.91. The number of imide groups is 1. The molecule has 0 fully saturated rings. The maximum atomic E-state index is 10.0. The molecule has 4 nitrogen and oxygen atoms in total. The van der Waals surface area contributed by atoms with Crippen molar-refractivity contribution in [1.82, 2.24) is 5.32 Å². The van der Waals surface area contributed by atoms with Gasteiger partial charge in [-0.15, -0.1) is 0 Å².